The first-order valence-electron chi connectivity index (χ1n) is 10.5. The van der Waals surface area contributed by atoms with E-state index in [0.717, 1.165) is 23.5 Å². The van der Waals surface area contributed by atoms with Gasteiger partial charge in [0.1, 0.15) is 5.82 Å². The maximum absolute atomic E-state index is 14.6. The second-order valence-electron chi connectivity index (χ2n) is 8.02. The molecular formula is C25H30FN. The number of rotatable bonds is 7. The van der Waals surface area contributed by atoms with Crippen molar-refractivity contribution in [1.29, 1.82) is 5.26 Å². The highest BCUT2D eigenvalue weighted by Crippen LogP contribution is 2.38. The number of unbranched alkanes of at least 4 members (excludes halogenated alkanes) is 1. The number of benzene rings is 2. The molecule has 2 aromatic rings. The van der Waals surface area contributed by atoms with Crippen LogP contribution < -0.4 is 0 Å². The van der Waals surface area contributed by atoms with Gasteiger partial charge in [-0.3, -0.25) is 0 Å². The fraction of sp³-hybridized carbons (Fsp3) is 0.480. The zero-order chi connectivity index (χ0) is 19.1. The fourth-order valence-corrected chi connectivity index (χ4v) is 4.32. The quantitative estimate of drug-likeness (QED) is 0.522. The number of hydrogen-bond donors (Lipinski definition) is 0. The molecule has 0 atom stereocenters. The summed E-state index contributed by atoms with van der Waals surface area (Å²) in [5, 5.41) is 8.86. The first kappa shape index (κ1) is 19.6. The maximum atomic E-state index is 14.6. The predicted octanol–water partition coefficient (Wildman–Crippen LogP) is 6.95. The first-order chi connectivity index (χ1) is 13.2. The van der Waals surface area contributed by atoms with Gasteiger partial charge < -0.3 is 0 Å². The summed E-state index contributed by atoms with van der Waals surface area (Å²) in [6.45, 7) is 2.26. The second-order valence-corrected chi connectivity index (χ2v) is 8.02. The molecule has 0 aliphatic heterocycles. The monoisotopic (exact) mass is 363 g/mol. The van der Waals surface area contributed by atoms with Crippen LogP contribution >= 0.6 is 0 Å². The normalized spacial score (nSPS) is 19.6. The SMILES string of the molecule is CCCCC1CCC(c2ccc(CCc3ccc(C#N)cc3)c(F)c2)CC1. The van der Waals surface area contributed by atoms with Crippen LogP contribution in [0.4, 0.5) is 4.39 Å². The Morgan fingerprint density at radius 1 is 1.00 bits per heavy atom. The minimum Gasteiger partial charge on any atom is -0.207 e. The van der Waals surface area contributed by atoms with Crippen molar-refractivity contribution < 1.29 is 4.39 Å². The lowest BCUT2D eigenvalue weighted by Crippen LogP contribution is -2.13. The smallest absolute Gasteiger partial charge is 0.126 e. The van der Waals surface area contributed by atoms with Crippen molar-refractivity contribution in [3.8, 4) is 6.07 Å². The van der Waals surface area contributed by atoms with E-state index in [1.807, 2.05) is 30.3 Å². The highest BCUT2D eigenvalue weighted by atomic mass is 19.1. The van der Waals surface area contributed by atoms with Crippen LogP contribution in [0.5, 0.6) is 0 Å². The molecule has 1 saturated carbocycles. The van der Waals surface area contributed by atoms with E-state index in [4.69, 9.17) is 5.26 Å². The fourth-order valence-electron chi connectivity index (χ4n) is 4.32. The van der Waals surface area contributed by atoms with Gasteiger partial charge in [0.05, 0.1) is 11.6 Å². The molecule has 0 N–H and O–H groups in total. The zero-order valence-corrected chi connectivity index (χ0v) is 16.4. The maximum Gasteiger partial charge on any atom is 0.126 e. The predicted molar refractivity (Wildman–Crippen MR) is 109 cm³/mol. The minimum atomic E-state index is -0.0609. The largest absolute Gasteiger partial charge is 0.207 e. The van der Waals surface area contributed by atoms with Gasteiger partial charge in [-0.15, -0.1) is 0 Å². The van der Waals surface area contributed by atoms with Crippen LogP contribution in [0.2, 0.25) is 0 Å². The summed E-state index contributed by atoms with van der Waals surface area (Å²) in [5.41, 5.74) is 3.78. The van der Waals surface area contributed by atoms with E-state index in [9.17, 15) is 4.39 Å². The van der Waals surface area contributed by atoms with E-state index in [2.05, 4.69) is 19.1 Å². The van der Waals surface area contributed by atoms with Crippen LogP contribution in [0.1, 0.15) is 80.0 Å². The second kappa shape index (κ2) is 9.70. The summed E-state index contributed by atoms with van der Waals surface area (Å²) >= 11 is 0. The molecule has 0 heterocycles. The molecule has 0 saturated heterocycles. The van der Waals surface area contributed by atoms with E-state index in [0.29, 0.717) is 17.9 Å². The standard InChI is InChI=1S/C25H30FN/c1-2-3-4-19-9-12-22(13-10-19)24-16-15-23(25(26)17-24)14-11-20-5-7-21(18-27)8-6-20/h5-8,15-17,19,22H,2-4,9-14H2,1H3. The van der Waals surface area contributed by atoms with Crippen molar-refractivity contribution in [2.75, 3.05) is 0 Å². The Morgan fingerprint density at radius 3 is 2.37 bits per heavy atom. The van der Waals surface area contributed by atoms with Crippen LogP contribution in [-0.2, 0) is 12.8 Å². The first-order valence-corrected chi connectivity index (χ1v) is 10.5. The van der Waals surface area contributed by atoms with Gasteiger partial charge in [-0.1, -0.05) is 50.5 Å². The van der Waals surface area contributed by atoms with Gasteiger partial charge in [-0.25, -0.2) is 4.39 Å². The number of nitriles is 1. The van der Waals surface area contributed by atoms with Gasteiger partial charge in [-0.2, -0.15) is 5.26 Å². The summed E-state index contributed by atoms with van der Waals surface area (Å²) in [6, 6.07) is 15.6. The van der Waals surface area contributed by atoms with Crippen molar-refractivity contribution >= 4 is 0 Å². The van der Waals surface area contributed by atoms with E-state index in [1.165, 1.54) is 50.5 Å². The van der Waals surface area contributed by atoms with E-state index in [-0.39, 0.29) is 5.82 Å². The van der Waals surface area contributed by atoms with Crippen molar-refractivity contribution in [2.24, 2.45) is 5.92 Å². The van der Waals surface area contributed by atoms with Gasteiger partial charge in [0.2, 0.25) is 0 Å². The Hall–Kier alpha value is -2.14. The molecule has 2 heteroatoms. The molecule has 27 heavy (non-hydrogen) atoms. The molecular weight excluding hydrogens is 333 g/mol. The Bertz CT molecular complexity index is 764. The van der Waals surface area contributed by atoms with Gasteiger partial charge in [0.25, 0.3) is 0 Å². The lowest BCUT2D eigenvalue weighted by Gasteiger charge is -2.29. The molecule has 3 rings (SSSR count). The molecule has 0 radical (unpaired) electrons. The number of aryl methyl sites for hydroxylation is 2. The van der Waals surface area contributed by atoms with E-state index >= 15 is 0 Å². The molecule has 0 unspecified atom stereocenters. The van der Waals surface area contributed by atoms with Gasteiger partial charge in [0.15, 0.2) is 0 Å². The average molecular weight is 364 g/mol. The van der Waals surface area contributed by atoms with Crippen molar-refractivity contribution in [1.82, 2.24) is 0 Å². The average Bonchev–Trinajstić information content (AvgIpc) is 2.72. The van der Waals surface area contributed by atoms with Gasteiger partial charge >= 0.3 is 0 Å². The van der Waals surface area contributed by atoms with Crippen molar-refractivity contribution in [2.45, 2.75) is 70.6 Å². The number of nitrogens with zero attached hydrogens (tertiary/aromatic N) is 1. The Morgan fingerprint density at radius 2 is 1.74 bits per heavy atom. The Balaban J connectivity index is 1.55. The molecule has 0 aromatic heterocycles. The van der Waals surface area contributed by atoms with Crippen LogP contribution in [0.3, 0.4) is 0 Å². The van der Waals surface area contributed by atoms with Gasteiger partial charge in [-0.05, 0) is 85.3 Å². The van der Waals surface area contributed by atoms with E-state index in [1.54, 1.807) is 6.07 Å². The van der Waals surface area contributed by atoms with Crippen LogP contribution in [0, 0.1) is 23.1 Å². The van der Waals surface area contributed by atoms with Crippen molar-refractivity contribution in [3.05, 3.63) is 70.5 Å². The molecule has 1 aliphatic carbocycles. The molecule has 0 amide bonds. The molecule has 1 aliphatic rings. The third kappa shape index (κ3) is 5.42. The summed E-state index contributed by atoms with van der Waals surface area (Å²) in [5.74, 6) is 1.36. The molecule has 0 bridgehead atoms. The summed E-state index contributed by atoms with van der Waals surface area (Å²) < 4.78 is 14.6. The lowest BCUT2D eigenvalue weighted by molar-refractivity contribution is 0.304. The Kier molecular flexibility index (Phi) is 7.04. The van der Waals surface area contributed by atoms with Crippen LogP contribution in [0.15, 0.2) is 42.5 Å². The van der Waals surface area contributed by atoms with Crippen LogP contribution in [-0.4, -0.2) is 0 Å². The third-order valence-corrected chi connectivity index (χ3v) is 6.13. The van der Waals surface area contributed by atoms with Gasteiger partial charge in [0, 0.05) is 0 Å². The summed E-state index contributed by atoms with van der Waals surface area (Å²) in [6.07, 6.45) is 10.5. The Labute approximate surface area is 163 Å². The summed E-state index contributed by atoms with van der Waals surface area (Å²) in [7, 11) is 0. The van der Waals surface area contributed by atoms with Crippen molar-refractivity contribution in [3.63, 3.8) is 0 Å². The highest BCUT2D eigenvalue weighted by molar-refractivity contribution is 5.33. The molecule has 142 valence electrons. The van der Waals surface area contributed by atoms with E-state index < -0.39 is 0 Å². The molecule has 1 nitrogen and oxygen atoms in total. The molecule has 1 fully saturated rings. The molecule has 0 spiro atoms. The minimum absolute atomic E-state index is 0.0609. The number of hydrogen-bond acceptors (Lipinski definition) is 1. The zero-order valence-electron chi connectivity index (χ0n) is 16.4. The highest BCUT2D eigenvalue weighted by Gasteiger charge is 2.22. The number of halogens is 1. The lowest BCUT2D eigenvalue weighted by atomic mass is 9.77. The third-order valence-electron chi connectivity index (χ3n) is 6.13. The van der Waals surface area contributed by atoms with Crippen LogP contribution in [0.25, 0.3) is 0 Å². The topological polar surface area (TPSA) is 23.8 Å². The molecule has 2 aromatic carbocycles. The summed E-state index contributed by atoms with van der Waals surface area (Å²) in [4.78, 5) is 0.